The first-order valence-electron chi connectivity index (χ1n) is 6.24. The lowest BCUT2D eigenvalue weighted by Crippen LogP contribution is -2.08. The lowest BCUT2D eigenvalue weighted by Gasteiger charge is -2.03. The van der Waals surface area contributed by atoms with Gasteiger partial charge in [0.25, 0.3) is 0 Å². The van der Waals surface area contributed by atoms with Gasteiger partial charge in [-0.05, 0) is 37.1 Å². The van der Waals surface area contributed by atoms with Gasteiger partial charge in [0.15, 0.2) is 5.82 Å². The molecule has 0 radical (unpaired) electrons. The van der Waals surface area contributed by atoms with Gasteiger partial charge in [-0.1, -0.05) is 19.1 Å². The normalized spacial score (nSPS) is 18.9. The van der Waals surface area contributed by atoms with E-state index in [2.05, 4.69) is 40.4 Å². The highest BCUT2D eigenvalue weighted by atomic mass is 15.2. The molecular weight excluding hydrogens is 224 g/mol. The van der Waals surface area contributed by atoms with E-state index in [1.807, 2.05) is 24.3 Å². The van der Waals surface area contributed by atoms with Crippen LogP contribution in [0.15, 0.2) is 40.9 Å². The summed E-state index contributed by atoms with van der Waals surface area (Å²) in [5.74, 6) is 1.74. The summed E-state index contributed by atoms with van der Waals surface area (Å²) in [6.07, 6.45) is 3.13. The Balaban J connectivity index is 1.90. The fourth-order valence-corrected chi connectivity index (χ4v) is 2.28. The fraction of sp³-hybridized carbons (Fsp3) is 0.286. The molecule has 0 saturated heterocycles. The molecule has 1 atom stereocenters. The van der Waals surface area contributed by atoms with E-state index in [0.717, 1.165) is 29.0 Å². The number of fused-ring (bicyclic) bond motifs is 1. The minimum atomic E-state index is 0.317. The van der Waals surface area contributed by atoms with E-state index in [1.54, 1.807) is 0 Å². The summed E-state index contributed by atoms with van der Waals surface area (Å²) < 4.78 is 0. The summed E-state index contributed by atoms with van der Waals surface area (Å²) in [5.41, 5.74) is 2.34. The summed E-state index contributed by atoms with van der Waals surface area (Å²) in [4.78, 5) is 4.63. The molecule has 4 heteroatoms. The molecule has 1 aliphatic rings. The van der Waals surface area contributed by atoms with E-state index in [1.165, 1.54) is 5.57 Å². The maximum absolute atomic E-state index is 4.63. The van der Waals surface area contributed by atoms with Crippen molar-refractivity contribution >= 4 is 22.6 Å². The zero-order chi connectivity index (χ0) is 12.5. The van der Waals surface area contributed by atoms with Crippen molar-refractivity contribution in [1.82, 2.24) is 10.2 Å². The summed E-state index contributed by atoms with van der Waals surface area (Å²) in [5, 5.41) is 11.7. The van der Waals surface area contributed by atoms with Gasteiger partial charge in [0.1, 0.15) is 5.84 Å². The number of hydrogen-bond acceptors (Lipinski definition) is 3. The Bertz CT molecular complexity index is 636. The number of benzene rings is 1. The molecule has 0 amide bonds. The summed E-state index contributed by atoms with van der Waals surface area (Å²) in [7, 11) is 0. The smallest absolute Gasteiger partial charge is 0.161 e. The number of aromatic nitrogens is 2. The molecule has 0 fully saturated rings. The van der Waals surface area contributed by atoms with Crippen LogP contribution in [0.2, 0.25) is 0 Å². The zero-order valence-corrected chi connectivity index (χ0v) is 10.6. The molecule has 1 aromatic heterocycles. The number of hydrogen-bond donors (Lipinski definition) is 2. The Labute approximate surface area is 106 Å². The van der Waals surface area contributed by atoms with Crippen LogP contribution in [0.1, 0.15) is 20.3 Å². The van der Waals surface area contributed by atoms with Crippen LogP contribution in [-0.4, -0.2) is 22.1 Å². The van der Waals surface area contributed by atoms with Crippen LogP contribution in [0.3, 0.4) is 0 Å². The molecule has 1 unspecified atom stereocenters. The molecular formula is C14H16N4. The minimum absolute atomic E-state index is 0.317. The number of anilines is 1. The lowest BCUT2D eigenvalue weighted by atomic mass is 10.1. The van der Waals surface area contributed by atoms with E-state index >= 15 is 0 Å². The van der Waals surface area contributed by atoms with Crippen LogP contribution in [0.5, 0.6) is 0 Å². The first kappa shape index (κ1) is 11.0. The van der Waals surface area contributed by atoms with Gasteiger partial charge in [0.2, 0.25) is 0 Å². The second kappa shape index (κ2) is 4.29. The van der Waals surface area contributed by atoms with Gasteiger partial charge >= 0.3 is 0 Å². The molecule has 2 aromatic rings. The van der Waals surface area contributed by atoms with Gasteiger partial charge in [-0.2, -0.15) is 5.10 Å². The van der Waals surface area contributed by atoms with Crippen LogP contribution in [-0.2, 0) is 0 Å². The van der Waals surface area contributed by atoms with Crippen molar-refractivity contribution in [2.45, 2.75) is 26.3 Å². The number of para-hydroxylation sites is 1. The third-order valence-electron chi connectivity index (χ3n) is 3.29. The van der Waals surface area contributed by atoms with Crippen molar-refractivity contribution in [3.05, 3.63) is 35.9 Å². The van der Waals surface area contributed by atoms with E-state index in [4.69, 9.17) is 0 Å². The summed E-state index contributed by atoms with van der Waals surface area (Å²) in [6.45, 7) is 4.27. The van der Waals surface area contributed by atoms with Gasteiger partial charge in [-0.25, -0.2) is 0 Å². The Morgan fingerprint density at radius 2 is 2.17 bits per heavy atom. The van der Waals surface area contributed by atoms with Crippen molar-refractivity contribution < 1.29 is 0 Å². The standard InChI is InChI=1S/C14H16N4/c1-3-11-9(2)8-13(15-11)16-14-10-6-4-5-7-12(10)17-18-14/h4-8,11H,3H2,1-2H3,(H2,15,16,17,18). The maximum atomic E-state index is 4.63. The number of nitrogens with zero attached hydrogens (tertiary/aromatic N) is 2. The van der Waals surface area contributed by atoms with Crippen molar-refractivity contribution in [1.29, 1.82) is 0 Å². The lowest BCUT2D eigenvalue weighted by molar-refractivity contribution is 0.756. The van der Waals surface area contributed by atoms with Crippen LogP contribution >= 0.6 is 0 Å². The zero-order valence-electron chi connectivity index (χ0n) is 10.6. The molecule has 0 spiro atoms. The largest absolute Gasteiger partial charge is 0.323 e. The second-order valence-corrected chi connectivity index (χ2v) is 4.57. The monoisotopic (exact) mass is 240 g/mol. The van der Waals surface area contributed by atoms with E-state index in [0.29, 0.717) is 6.04 Å². The van der Waals surface area contributed by atoms with Crippen LogP contribution < -0.4 is 5.32 Å². The van der Waals surface area contributed by atoms with Crippen molar-refractivity contribution in [2.24, 2.45) is 4.99 Å². The molecule has 0 aliphatic carbocycles. The number of nitrogens with one attached hydrogen (secondary N) is 2. The molecule has 3 rings (SSSR count). The quantitative estimate of drug-likeness (QED) is 0.847. The van der Waals surface area contributed by atoms with Gasteiger partial charge in [0.05, 0.1) is 11.6 Å². The molecule has 18 heavy (non-hydrogen) atoms. The Kier molecular flexibility index (Phi) is 2.63. The average Bonchev–Trinajstić information content (AvgIpc) is 2.94. The third kappa shape index (κ3) is 1.79. The number of rotatable bonds is 2. The highest BCUT2D eigenvalue weighted by molar-refractivity contribution is 6.09. The second-order valence-electron chi connectivity index (χ2n) is 4.57. The van der Waals surface area contributed by atoms with E-state index in [-0.39, 0.29) is 0 Å². The highest BCUT2D eigenvalue weighted by Crippen LogP contribution is 2.22. The molecule has 4 nitrogen and oxygen atoms in total. The Morgan fingerprint density at radius 3 is 2.94 bits per heavy atom. The first-order chi connectivity index (χ1) is 8.78. The maximum Gasteiger partial charge on any atom is 0.161 e. The molecule has 1 aromatic carbocycles. The first-order valence-corrected chi connectivity index (χ1v) is 6.24. The summed E-state index contributed by atoms with van der Waals surface area (Å²) >= 11 is 0. The predicted octanol–water partition coefficient (Wildman–Crippen LogP) is 3.11. The van der Waals surface area contributed by atoms with Gasteiger partial charge < -0.3 is 5.32 Å². The molecule has 0 bridgehead atoms. The molecule has 2 heterocycles. The van der Waals surface area contributed by atoms with Gasteiger partial charge in [-0.3, -0.25) is 10.1 Å². The van der Waals surface area contributed by atoms with Crippen LogP contribution in [0.25, 0.3) is 10.9 Å². The van der Waals surface area contributed by atoms with Crippen LogP contribution in [0, 0.1) is 0 Å². The fourth-order valence-electron chi connectivity index (χ4n) is 2.28. The Hall–Kier alpha value is -2.10. The number of amidine groups is 1. The number of aromatic amines is 1. The van der Waals surface area contributed by atoms with Crippen molar-refractivity contribution in [2.75, 3.05) is 5.32 Å². The van der Waals surface area contributed by atoms with Crippen molar-refractivity contribution in [3.63, 3.8) is 0 Å². The molecule has 2 N–H and O–H groups in total. The molecule has 92 valence electrons. The van der Waals surface area contributed by atoms with Crippen LogP contribution in [0.4, 0.5) is 5.82 Å². The number of H-pyrrole nitrogens is 1. The summed E-state index contributed by atoms with van der Waals surface area (Å²) in [6, 6.07) is 8.38. The Morgan fingerprint density at radius 1 is 1.33 bits per heavy atom. The molecule has 1 aliphatic heterocycles. The average molecular weight is 240 g/mol. The van der Waals surface area contributed by atoms with Gasteiger partial charge in [0, 0.05) is 5.39 Å². The number of aliphatic imine (C=N–C) groups is 1. The van der Waals surface area contributed by atoms with Crippen molar-refractivity contribution in [3.8, 4) is 0 Å². The SMILES string of the molecule is CCC1N=C(Nc2n[nH]c3ccccc23)C=C1C. The third-order valence-corrected chi connectivity index (χ3v) is 3.29. The van der Waals surface area contributed by atoms with E-state index in [9.17, 15) is 0 Å². The highest BCUT2D eigenvalue weighted by Gasteiger charge is 2.16. The predicted molar refractivity (Wildman–Crippen MR) is 75.0 cm³/mol. The van der Waals surface area contributed by atoms with Gasteiger partial charge in [-0.15, -0.1) is 0 Å². The minimum Gasteiger partial charge on any atom is -0.323 e. The molecule has 0 saturated carbocycles. The van der Waals surface area contributed by atoms with E-state index < -0.39 is 0 Å². The topological polar surface area (TPSA) is 53.1 Å².